The van der Waals surface area contributed by atoms with Crippen molar-refractivity contribution in [1.82, 2.24) is 0 Å². The zero-order valence-corrected chi connectivity index (χ0v) is 31.2. The van der Waals surface area contributed by atoms with Gasteiger partial charge in [-0.2, -0.15) is 0 Å². The van der Waals surface area contributed by atoms with Crippen LogP contribution < -0.4 is 4.90 Å². The molecule has 262 valence electrons. The lowest BCUT2D eigenvalue weighted by Crippen LogP contribution is -2.55. The molecule has 4 bridgehead atoms. The SMILES string of the molecule is CC1(C)c2ccccc2-c2ccc(N(c3cccc(-c4cccc5ccccc45)c3)c3ccc4c(c3)C3(c5ccccc5-4)C4CC5CC(C4)CC3C5)cc21. The Morgan fingerprint density at radius 3 is 1.72 bits per heavy atom. The van der Waals surface area contributed by atoms with Gasteiger partial charge in [-0.15, -0.1) is 0 Å². The fourth-order valence-electron chi connectivity index (χ4n) is 12.8. The maximum Gasteiger partial charge on any atom is 0.0467 e. The minimum absolute atomic E-state index is 0.0809. The first-order chi connectivity index (χ1) is 26.5. The Morgan fingerprint density at radius 1 is 0.426 bits per heavy atom. The van der Waals surface area contributed by atoms with Crippen LogP contribution >= 0.6 is 0 Å². The molecule has 1 nitrogen and oxygen atoms in total. The molecule has 7 aromatic carbocycles. The van der Waals surface area contributed by atoms with Gasteiger partial charge in [0.05, 0.1) is 0 Å². The number of anilines is 3. The fraction of sp³-hybridized carbons (Fsp3) is 0.245. The quantitative estimate of drug-likeness (QED) is 0.177. The van der Waals surface area contributed by atoms with Crippen molar-refractivity contribution < 1.29 is 0 Å². The molecule has 0 saturated heterocycles. The predicted molar refractivity (Wildman–Crippen MR) is 225 cm³/mol. The van der Waals surface area contributed by atoms with Crippen LogP contribution in [0.1, 0.15) is 68.2 Å². The van der Waals surface area contributed by atoms with Gasteiger partial charge in [-0.25, -0.2) is 0 Å². The maximum absolute atomic E-state index is 2.65. The number of benzene rings is 7. The molecule has 0 N–H and O–H groups in total. The Bertz CT molecular complexity index is 2640. The van der Waals surface area contributed by atoms with Gasteiger partial charge in [-0.3, -0.25) is 0 Å². The predicted octanol–water partition coefficient (Wildman–Crippen LogP) is 14.0. The third-order valence-electron chi connectivity index (χ3n) is 14.8. The van der Waals surface area contributed by atoms with Gasteiger partial charge in [0.15, 0.2) is 0 Å². The maximum atomic E-state index is 2.65. The largest absolute Gasteiger partial charge is 0.310 e. The van der Waals surface area contributed by atoms with Crippen molar-refractivity contribution >= 4 is 27.8 Å². The molecule has 6 aliphatic rings. The molecule has 4 saturated carbocycles. The molecule has 0 amide bonds. The second-order valence-corrected chi connectivity index (χ2v) is 17.8. The van der Waals surface area contributed by atoms with E-state index in [9.17, 15) is 0 Å². The minimum Gasteiger partial charge on any atom is -0.310 e. The molecule has 1 spiro atoms. The van der Waals surface area contributed by atoms with Crippen LogP contribution in [0.4, 0.5) is 17.1 Å². The second-order valence-electron chi connectivity index (χ2n) is 17.8. The molecule has 6 aliphatic carbocycles. The van der Waals surface area contributed by atoms with E-state index in [4.69, 9.17) is 0 Å². The summed E-state index contributed by atoms with van der Waals surface area (Å²) in [6.45, 7) is 4.80. The summed E-state index contributed by atoms with van der Waals surface area (Å²) in [5, 5.41) is 2.57. The van der Waals surface area contributed by atoms with E-state index in [0.29, 0.717) is 0 Å². The summed E-state index contributed by atoms with van der Waals surface area (Å²) in [7, 11) is 0. The lowest BCUT2D eigenvalue weighted by atomic mass is 9.43. The minimum atomic E-state index is -0.0809. The van der Waals surface area contributed by atoms with Gasteiger partial charge in [0.25, 0.3) is 0 Å². The van der Waals surface area contributed by atoms with E-state index in [1.165, 1.54) is 104 Å². The molecule has 13 rings (SSSR count). The fourth-order valence-corrected chi connectivity index (χ4v) is 12.8. The van der Waals surface area contributed by atoms with E-state index in [1.807, 2.05) is 0 Å². The molecule has 0 aliphatic heterocycles. The second kappa shape index (κ2) is 11.1. The van der Waals surface area contributed by atoms with E-state index >= 15 is 0 Å². The zero-order chi connectivity index (χ0) is 35.8. The zero-order valence-electron chi connectivity index (χ0n) is 31.2. The number of fused-ring (bicyclic) bond motifs is 7. The summed E-state index contributed by atoms with van der Waals surface area (Å²) in [5.74, 6) is 3.30. The van der Waals surface area contributed by atoms with E-state index in [-0.39, 0.29) is 10.8 Å². The molecule has 7 aromatic rings. The first-order valence-corrected chi connectivity index (χ1v) is 20.4. The lowest BCUT2D eigenvalue weighted by Gasteiger charge is -2.61. The van der Waals surface area contributed by atoms with Crippen molar-refractivity contribution in [2.75, 3.05) is 4.90 Å². The third kappa shape index (κ3) is 4.11. The van der Waals surface area contributed by atoms with Crippen LogP contribution in [0.25, 0.3) is 44.2 Å². The Labute approximate surface area is 319 Å². The first kappa shape index (κ1) is 31.0. The van der Waals surface area contributed by atoms with Crippen LogP contribution in [0.2, 0.25) is 0 Å². The summed E-state index contributed by atoms with van der Waals surface area (Å²) in [6.07, 6.45) is 7.03. The summed E-state index contributed by atoms with van der Waals surface area (Å²) in [6, 6.07) is 58.1. The van der Waals surface area contributed by atoms with E-state index in [1.54, 1.807) is 11.1 Å². The van der Waals surface area contributed by atoms with Gasteiger partial charge in [0, 0.05) is 27.9 Å². The molecule has 1 heteroatoms. The van der Waals surface area contributed by atoms with Crippen molar-refractivity contribution in [2.24, 2.45) is 23.7 Å². The van der Waals surface area contributed by atoms with E-state index in [0.717, 1.165) is 23.7 Å². The highest BCUT2D eigenvalue weighted by molar-refractivity contribution is 5.98. The topological polar surface area (TPSA) is 3.24 Å². The highest BCUT2D eigenvalue weighted by Crippen LogP contribution is 2.69. The van der Waals surface area contributed by atoms with Crippen molar-refractivity contribution in [2.45, 2.75) is 56.8 Å². The molecule has 4 fully saturated rings. The van der Waals surface area contributed by atoms with Gasteiger partial charge in [0.2, 0.25) is 0 Å². The van der Waals surface area contributed by atoms with Crippen LogP contribution in [0.5, 0.6) is 0 Å². The van der Waals surface area contributed by atoms with E-state index < -0.39 is 0 Å². The molecule has 0 heterocycles. The molecular weight excluding hydrogens is 651 g/mol. The van der Waals surface area contributed by atoms with Gasteiger partial charge in [-0.05, 0) is 159 Å². The molecule has 0 aromatic heterocycles. The van der Waals surface area contributed by atoms with Gasteiger partial charge in [0.1, 0.15) is 0 Å². The van der Waals surface area contributed by atoms with Crippen molar-refractivity contribution in [3.63, 3.8) is 0 Å². The van der Waals surface area contributed by atoms with Gasteiger partial charge in [-0.1, -0.05) is 129 Å². The third-order valence-corrected chi connectivity index (χ3v) is 14.8. The standard InChI is InChI=1S/C53H45N/c1-52(2)48-19-7-5-16-44(48)46-23-21-40(31-50(46)52)54(39-14-9-13-36(30-39)43-18-10-12-35-11-3-4-15-42(35)43)41-22-24-47-45-17-6-8-20-49(45)53(51(47)32-41)37-26-33-25-34(28-37)29-38(53)27-33/h3-24,30-34,37-38H,25-29H2,1-2H3. The van der Waals surface area contributed by atoms with Crippen LogP contribution in [0.3, 0.4) is 0 Å². The Hall–Kier alpha value is -5.40. The number of rotatable bonds is 4. The highest BCUT2D eigenvalue weighted by Gasteiger charge is 2.61. The number of hydrogen-bond acceptors (Lipinski definition) is 1. The summed E-state index contributed by atoms with van der Waals surface area (Å²) in [5.41, 5.74) is 18.0. The average Bonchev–Trinajstić information content (AvgIpc) is 3.62. The van der Waals surface area contributed by atoms with Crippen LogP contribution in [0, 0.1) is 23.7 Å². The normalized spacial score (nSPS) is 24.7. The Balaban J connectivity index is 1.08. The van der Waals surface area contributed by atoms with Crippen LogP contribution in [0.15, 0.2) is 152 Å². The molecule has 0 atom stereocenters. The van der Waals surface area contributed by atoms with Crippen molar-refractivity contribution in [1.29, 1.82) is 0 Å². The molecule has 0 radical (unpaired) electrons. The number of hydrogen-bond donors (Lipinski definition) is 0. The Kier molecular flexibility index (Phi) is 6.36. The Morgan fingerprint density at radius 2 is 0.963 bits per heavy atom. The van der Waals surface area contributed by atoms with Crippen molar-refractivity contribution in [3.8, 4) is 33.4 Å². The summed E-state index contributed by atoms with van der Waals surface area (Å²) < 4.78 is 0. The highest BCUT2D eigenvalue weighted by atomic mass is 15.1. The summed E-state index contributed by atoms with van der Waals surface area (Å²) in [4.78, 5) is 2.57. The van der Waals surface area contributed by atoms with Crippen LogP contribution in [-0.2, 0) is 10.8 Å². The monoisotopic (exact) mass is 695 g/mol. The molecule has 0 unspecified atom stereocenters. The van der Waals surface area contributed by atoms with Crippen LogP contribution in [-0.4, -0.2) is 0 Å². The smallest absolute Gasteiger partial charge is 0.0467 e. The average molecular weight is 696 g/mol. The number of nitrogens with zero attached hydrogens (tertiary/aromatic N) is 1. The lowest BCUT2D eigenvalue weighted by molar-refractivity contribution is -0.0399. The first-order valence-electron chi connectivity index (χ1n) is 20.4. The molecule has 54 heavy (non-hydrogen) atoms. The summed E-state index contributed by atoms with van der Waals surface area (Å²) >= 11 is 0. The van der Waals surface area contributed by atoms with E-state index in [2.05, 4.69) is 170 Å². The molecular formula is C53H45N. The van der Waals surface area contributed by atoms with Gasteiger partial charge >= 0.3 is 0 Å². The van der Waals surface area contributed by atoms with Gasteiger partial charge < -0.3 is 4.90 Å². The van der Waals surface area contributed by atoms with Crippen molar-refractivity contribution in [3.05, 3.63) is 174 Å².